The molecule has 22 heavy (non-hydrogen) atoms. The zero-order chi connectivity index (χ0) is 14.9. The molecule has 0 aliphatic carbocycles. The van der Waals surface area contributed by atoms with Gasteiger partial charge in [0.05, 0.1) is 0 Å². The molecule has 1 aliphatic rings. The van der Waals surface area contributed by atoms with Crippen molar-refractivity contribution in [3.05, 3.63) is 53.6 Å². The monoisotopic (exact) mass is 321 g/mol. The predicted molar refractivity (Wildman–Crippen MR) is 87.7 cm³/mol. The van der Waals surface area contributed by atoms with Gasteiger partial charge in [0, 0.05) is 20.4 Å². The molecule has 2 N–H and O–H groups in total. The highest BCUT2D eigenvalue weighted by molar-refractivity contribution is 5.85. The standard InChI is InChI=1S/C17H19NO3.ClH/c1-17(2)20-15-9-13(10-18)8-14(16(15)21-17)19-11-12-6-4-3-5-7-12;/h3-9H,10-11,18H2,1-2H3;1H. The van der Waals surface area contributed by atoms with E-state index in [1.165, 1.54) is 0 Å². The fourth-order valence-corrected chi connectivity index (χ4v) is 2.30. The molecule has 0 saturated heterocycles. The molecule has 3 rings (SSSR count). The van der Waals surface area contributed by atoms with Crippen molar-refractivity contribution in [2.75, 3.05) is 0 Å². The Labute approximate surface area is 136 Å². The lowest BCUT2D eigenvalue weighted by Gasteiger charge is -2.16. The number of rotatable bonds is 4. The lowest BCUT2D eigenvalue weighted by atomic mass is 10.2. The van der Waals surface area contributed by atoms with Crippen LogP contribution in [0.5, 0.6) is 17.2 Å². The summed E-state index contributed by atoms with van der Waals surface area (Å²) in [4.78, 5) is 0. The number of benzene rings is 2. The van der Waals surface area contributed by atoms with Crippen molar-refractivity contribution < 1.29 is 14.2 Å². The minimum absolute atomic E-state index is 0. The second-order valence-electron chi connectivity index (χ2n) is 5.50. The van der Waals surface area contributed by atoms with E-state index in [1.54, 1.807) is 0 Å². The van der Waals surface area contributed by atoms with Crippen LogP contribution in [-0.2, 0) is 13.2 Å². The lowest BCUT2D eigenvalue weighted by molar-refractivity contribution is -0.0441. The summed E-state index contributed by atoms with van der Waals surface area (Å²) in [5, 5.41) is 0. The maximum Gasteiger partial charge on any atom is 0.246 e. The van der Waals surface area contributed by atoms with Gasteiger partial charge in [-0.3, -0.25) is 0 Å². The smallest absolute Gasteiger partial charge is 0.246 e. The average Bonchev–Trinajstić information content (AvgIpc) is 2.79. The van der Waals surface area contributed by atoms with Crippen LogP contribution in [0.1, 0.15) is 25.0 Å². The molecule has 0 aromatic heterocycles. The van der Waals surface area contributed by atoms with Crippen molar-refractivity contribution >= 4 is 12.4 Å². The van der Waals surface area contributed by atoms with Gasteiger partial charge in [0.2, 0.25) is 11.5 Å². The highest BCUT2D eigenvalue weighted by Gasteiger charge is 2.34. The van der Waals surface area contributed by atoms with E-state index in [2.05, 4.69) is 0 Å². The summed E-state index contributed by atoms with van der Waals surface area (Å²) in [6, 6.07) is 13.8. The van der Waals surface area contributed by atoms with Gasteiger partial charge < -0.3 is 19.9 Å². The summed E-state index contributed by atoms with van der Waals surface area (Å²) in [7, 11) is 0. The molecule has 2 aromatic carbocycles. The Morgan fingerprint density at radius 1 is 1.05 bits per heavy atom. The number of fused-ring (bicyclic) bond motifs is 1. The van der Waals surface area contributed by atoms with Crippen LogP contribution < -0.4 is 19.9 Å². The van der Waals surface area contributed by atoms with E-state index >= 15 is 0 Å². The molecule has 0 bridgehead atoms. The van der Waals surface area contributed by atoms with E-state index in [0.29, 0.717) is 30.4 Å². The molecule has 0 saturated carbocycles. The first-order valence-corrected chi connectivity index (χ1v) is 6.99. The zero-order valence-electron chi connectivity index (χ0n) is 12.7. The van der Waals surface area contributed by atoms with Gasteiger partial charge in [-0.15, -0.1) is 12.4 Å². The van der Waals surface area contributed by atoms with Crippen LogP contribution in [0.25, 0.3) is 0 Å². The molecule has 0 amide bonds. The van der Waals surface area contributed by atoms with Crippen molar-refractivity contribution in [2.45, 2.75) is 32.8 Å². The fourth-order valence-electron chi connectivity index (χ4n) is 2.30. The van der Waals surface area contributed by atoms with Crippen LogP contribution in [0, 0.1) is 0 Å². The molecule has 0 fully saturated rings. The summed E-state index contributed by atoms with van der Waals surface area (Å²) in [6.45, 7) is 4.65. The summed E-state index contributed by atoms with van der Waals surface area (Å²) in [6.07, 6.45) is 0. The Morgan fingerprint density at radius 3 is 2.45 bits per heavy atom. The molecular weight excluding hydrogens is 302 g/mol. The van der Waals surface area contributed by atoms with Gasteiger partial charge in [0.1, 0.15) is 6.61 Å². The predicted octanol–water partition coefficient (Wildman–Crippen LogP) is 3.65. The van der Waals surface area contributed by atoms with E-state index in [0.717, 1.165) is 11.1 Å². The summed E-state index contributed by atoms with van der Waals surface area (Å²) >= 11 is 0. The fraction of sp³-hybridized carbons (Fsp3) is 0.294. The van der Waals surface area contributed by atoms with Gasteiger partial charge in [-0.05, 0) is 23.3 Å². The molecule has 4 nitrogen and oxygen atoms in total. The molecule has 1 heterocycles. The number of ether oxygens (including phenoxy) is 3. The van der Waals surface area contributed by atoms with Crippen LogP contribution in [-0.4, -0.2) is 5.79 Å². The SMILES string of the molecule is CC1(C)Oc2cc(CN)cc(OCc3ccccc3)c2O1.Cl. The van der Waals surface area contributed by atoms with Crippen molar-refractivity contribution in [3.63, 3.8) is 0 Å². The molecule has 0 unspecified atom stereocenters. The van der Waals surface area contributed by atoms with Gasteiger partial charge in [0.25, 0.3) is 0 Å². The van der Waals surface area contributed by atoms with Gasteiger partial charge in [0.15, 0.2) is 11.5 Å². The molecule has 2 aromatic rings. The van der Waals surface area contributed by atoms with E-state index in [-0.39, 0.29) is 12.4 Å². The highest BCUT2D eigenvalue weighted by Crippen LogP contribution is 2.46. The molecular formula is C17H20ClNO3. The molecule has 0 spiro atoms. The Balaban J connectivity index is 0.00000176. The number of hydrogen-bond donors (Lipinski definition) is 1. The van der Waals surface area contributed by atoms with Crippen LogP contribution >= 0.6 is 12.4 Å². The number of halogens is 1. The maximum absolute atomic E-state index is 5.91. The topological polar surface area (TPSA) is 53.7 Å². The van der Waals surface area contributed by atoms with E-state index < -0.39 is 5.79 Å². The van der Waals surface area contributed by atoms with E-state index in [4.69, 9.17) is 19.9 Å². The van der Waals surface area contributed by atoms with Gasteiger partial charge in [-0.1, -0.05) is 30.3 Å². The average molecular weight is 322 g/mol. The lowest BCUT2D eigenvalue weighted by Crippen LogP contribution is -2.29. The molecule has 1 aliphatic heterocycles. The summed E-state index contributed by atoms with van der Waals surface area (Å²) in [5.41, 5.74) is 7.79. The second-order valence-corrected chi connectivity index (χ2v) is 5.50. The Hall–Kier alpha value is -1.91. The van der Waals surface area contributed by atoms with Gasteiger partial charge >= 0.3 is 0 Å². The normalized spacial score (nSPS) is 14.3. The highest BCUT2D eigenvalue weighted by atomic mass is 35.5. The second kappa shape index (κ2) is 6.46. The molecule has 0 atom stereocenters. The first kappa shape index (κ1) is 16.5. The van der Waals surface area contributed by atoms with Crippen LogP contribution in [0.4, 0.5) is 0 Å². The largest absolute Gasteiger partial charge is 0.485 e. The van der Waals surface area contributed by atoms with Gasteiger partial charge in [-0.2, -0.15) is 0 Å². The van der Waals surface area contributed by atoms with Crippen molar-refractivity contribution in [2.24, 2.45) is 5.73 Å². The maximum atomic E-state index is 5.91. The quantitative estimate of drug-likeness (QED) is 0.933. The van der Waals surface area contributed by atoms with E-state index in [1.807, 2.05) is 56.3 Å². The van der Waals surface area contributed by atoms with Crippen LogP contribution in [0.2, 0.25) is 0 Å². The van der Waals surface area contributed by atoms with Gasteiger partial charge in [-0.25, -0.2) is 0 Å². The third kappa shape index (κ3) is 3.46. The third-order valence-corrected chi connectivity index (χ3v) is 3.26. The minimum Gasteiger partial charge on any atom is -0.485 e. The molecule has 118 valence electrons. The van der Waals surface area contributed by atoms with E-state index in [9.17, 15) is 0 Å². The number of nitrogens with two attached hydrogens (primary N) is 1. The molecule has 5 heteroatoms. The van der Waals surface area contributed by atoms with Crippen LogP contribution in [0.3, 0.4) is 0 Å². The Bertz CT molecular complexity index is 644. The number of hydrogen-bond acceptors (Lipinski definition) is 4. The Morgan fingerprint density at radius 2 is 1.77 bits per heavy atom. The first-order valence-electron chi connectivity index (χ1n) is 6.99. The summed E-state index contributed by atoms with van der Waals surface area (Å²) in [5.74, 6) is 1.32. The summed E-state index contributed by atoms with van der Waals surface area (Å²) < 4.78 is 17.5. The third-order valence-electron chi connectivity index (χ3n) is 3.26. The van der Waals surface area contributed by atoms with Crippen LogP contribution in [0.15, 0.2) is 42.5 Å². The zero-order valence-corrected chi connectivity index (χ0v) is 13.5. The molecule has 0 radical (unpaired) electrons. The van der Waals surface area contributed by atoms with Crippen molar-refractivity contribution in [1.29, 1.82) is 0 Å². The van der Waals surface area contributed by atoms with Crippen molar-refractivity contribution in [3.8, 4) is 17.2 Å². The van der Waals surface area contributed by atoms with Crippen molar-refractivity contribution in [1.82, 2.24) is 0 Å². The first-order chi connectivity index (χ1) is 10.1. The Kier molecular flexibility index (Phi) is 4.84. The minimum atomic E-state index is -0.680.